The minimum absolute atomic E-state index is 0.136. The molecule has 0 amide bonds. The maximum absolute atomic E-state index is 12.9. The van der Waals surface area contributed by atoms with Gasteiger partial charge in [-0.1, -0.05) is 38.1 Å². The van der Waals surface area contributed by atoms with Gasteiger partial charge in [-0.2, -0.15) is 8.75 Å². The summed E-state index contributed by atoms with van der Waals surface area (Å²) in [6.07, 6.45) is 0. The highest BCUT2D eigenvalue weighted by molar-refractivity contribution is 7.00. The van der Waals surface area contributed by atoms with Crippen molar-refractivity contribution in [1.82, 2.24) is 8.75 Å². The molecule has 1 aliphatic carbocycles. The Morgan fingerprint density at radius 2 is 1.67 bits per heavy atom. The highest BCUT2D eigenvalue weighted by Gasteiger charge is 2.33. The van der Waals surface area contributed by atoms with Crippen LogP contribution in [0.3, 0.4) is 0 Å². The summed E-state index contributed by atoms with van der Waals surface area (Å²) < 4.78 is 8.62. The maximum atomic E-state index is 12.9. The normalized spacial score (nSPS) is 13.3. The van der Waals surface area contributed by atoms with E-state index in [4.69, 9.17) is 0 Å². The van der Waals surface area contributed by atoms with E-state index >= 15 is 0 Å². The lowest BCUT2D eigenvalue weighted by atomic mass is 9.83. The third-order valence-electron chi connectivity index (χ3n) is 4.13. The van der Waals surface area contributed by atoms with Gasteiger partial charge in [0, 0.05) is 23.2 Å². The first-order chi connectivity index (χ1) is 11.6. The standard InChI is InChI=1S/C18H15N3O2S/c1-9(2)8-19-13-7-12-14(16-15(13)20-24-21-16)18(23)11-6-4-3-5-10(11)17(12)22/h3-7,9,19H,8H2,1-2H3. The van der Waals surface area contributed by atoms with Crippen molar-refractivity contribution in [3.05, 3.63) is 52.6 Å². The molecule has 3 aromatic rings. The fraction of sp³-hybridized carbons (Fsp3) is 0.222. The Balaban J connectivity index is 1.96. The number of ketones is 2. The Hall–Kier alpha value is -2.60. The fourth-order valence-corrected chi connectivity index (χ4v) is 3.53. The molecule has 2 aromatic carbocycles. The van der Waals surface area contributed by atoms with E-state index in [1.165, 1.54) is 0 Å². The Kier molecular flexibility index (Phi) is 3.42. The largest absolute Gasteiger partial charge is 0.383 e. The van der Waals surface area contributed by atoms with E-state index < -0.39 is 0 Å². The molecule has 0 saturated heterocycles. The molecule has 0 radical (unpaired) electrons. The molecular formula is C18H15N3O2S. The van der Waals surface area contributed by atoms with Gasteiger partial charge in [0.05, 0.1) is 23.0 Å². The molecule has 1 heterocycles. The van der Waals surface area contributed by atoms with Crippen LogP contribution in [0.2, 0.25) is 0 Å². The van der Waals surface area contributed by atoms with Gasteiger partial charge >= 0.3 is 0 Å². The fourth-order valence-electron chi connectivity index (χ4n) is 2.96. The number of benzene rings is 2. The monoisotopic (exact) mass is 337 g/mol. The number of fused-ring (bicyclic) bond motifs is 4. The number of carbonyl (C=O) groups excluding carboxylic acids is 2. The van der Waals surface area contributed by atoms with E-state index in [0.29, 0.717) is 39.2 Å². The molecule has 0 atom stereocenters. The lowest BCUT2D eigenvalue weighted by Gasteiger charge is -2.19. The van der Waals surface area contributed by atoms with Crippen molar-refractivity contribution in [2.24, 2.45) is 5.92 Å². The van der Waals surface area contributed by atoms with Gasteiger partial charge in [0.25, 0.3) is 0 Å². The highest BCUT2D eigenvalue weighted by Crippen LogP contribution is 2.35. The molecule has 0 unspecified atom stereocenters. The van der Waals surface area contributed by atoms with Crippen LogP contribution in [0.1, 0.15) is 45.7 Å². The molecule has 0 bridgehead atoms. The minimum atomic E-state index is -0.159. The molecule has 5 nitrogen and oxygen atoms in total. The average Bonchev–Trinajstić information content (AvgIpc) is 3.06. The summed E-state index contributed by atoms with van der Waals surface area (Å²) in [7, 11) is 0. The quantitative estimate of drug-likeness (QED) is 0.619. The zero-order valence-corrected chi connectivity index (χ0v) is 14.1. The number of nitrogens with zero attached hydrogens (tertiary/aromatic N) is 2. The second-order valence-corrected chi connectivity index (χ2v) is 6.82. The Morgan fingerprint density at radius 3 is 2.38 bits per heavy atom. The molecule has 1 aliphatic rings. The van der Waals surface area contributed by atoms with Crippen molar-refractivity contribution >= 4 is 40.0 Å². The Bertz CT molecular complexity index is 991. The van der Waals surface area contributed by atoms with Gasteiger partial charge in [-0.15, -0.1) is 0 Å². The predicted molar refractivity (Wildman–Crippen MR) is 94.0 cm³/mol. The SMILES string of the molecule is CC(C)CNc1cc2c(c3nsnc13)C(=O)c1ccccc1C2=O. The zero-order chi connectivity index (χ0) is 16.8. The van der Waals surface area contributed by atoms with E-state index in [0.717, 1.165) is 24.0 Å². The summed E-state index contributed by atoms with van der Waals surface area (Å²) in [5.74, 6) is 0.150. The first-order valence-electron chi connectivity index (χ1n) is 7.79. The molecule has 6 heteroatoms. The average molecular weight is 337 g/mol. The molecule has 0 spiro atoms. The first kappa shape index (κ1) is 15.0. The molecule has 0 aliphatic heterocycles. The van der Waals surface area contributed by atoms with Crippen molar-refractivity contribution in [2.75, 3.05) is 11.9 Å². The van der Waals surface area contributed by atoms with E-state index in [-0.39, 0.29) is 11.6 Å². The van der Waals surface area contributed by atoms with Crippen LogP contribution in [0.25, 0.3) is 11.0 Å². The van der Waals surface area contributed by atoms with Gasteiger partial charge in [-0.05, 0) is 12.0 Å². The summed E-state index contributed by atoms with van der Waals surface area (Å²) in [5.41, 5.74) is 3.59. The maximum Gasteiger partial charge on any atom is 0.196 e. The number of nitrogens with one attached hydrogen (secondary N) is 1. The summed E-state index contributed by atoms with van der Waals surface area (Å²) in [6.45, 7) is 4.96. The first-order valence-corrected chi connectivity index (χ1v) is 8.52. The van der Waals surface area contributed by atoms with Crippen LogP contribution in [0.4, 0.5) is 5.69 Å². The number of hydrogen-bond acceptors (Lipinski definition) is 6. The number of rotatable bonds is 3. The predicted octanol–water partition coefficient (Wildman–Crippen LogP) is 3.53. The van der Waals surface area contributed by atoms with Crippen LogP contribution in [-0.4, -0.2) is 26.9 Å². The number of anilines is 1. The molecule has 1 aromatic heterocycles. The van der Waals surface area contributed by atoms with Gasteiger partial charge in [0.2, 0.25) is 0 Å². The smallest absolute Gasteiger partial charge is 0.196 e. The molecule has 1 N–H and O–H groups in total. The van der Waals surface area contributed by atoms with Gasteiger partial charge in [-0.25, -0.2) is 0 Å². The van der Waals surface area contributed by atoms with E-state index in [1.807, 2.05) is 0 Å². The Labute approximate surface area is 143 Å². The van der Waals surface area contributed by atoms with Crippen molar-refractivity contribution < 1.29 is 9.59 Å². The van der Waals surface area contributed by atoms with Crippen molar-refractivity contribution in [3.8, 4) is 0 Å². The molecule has 4 rings (SSSR count). The third-order valence-corrected chi connectivity index (χ3v) is 4.66. The van der Waals surface area contributed by atoms with Crippen LogP contribution >= 0.6 is 11.7 Å². The zero-order valence-electron chi connectivity index (χ0n) is 13.3. The van der Waals surface area contributed by atoms with Crippen LogP contribution < -0.4 is 5.32 Å². The van der Waals surface area contributed by atoms with E-state index in [2.05, 4.69) is 27.9 Å². The summed E-state index contributed by atoms with van der Waals surface area (Å²) in [5, 5.41) is 3.32. The lowest BCUT2D eigenvalue weighted by Crippen LogP contribution is -2.22. The van der Waals surface area contributed by atoms with Gasteiger partial charge in [0.15, 0.2) is 11.6 Å². The summed E-state index contributed by atoms with van der Waals surface area (Å²) in [4.78, 5) is 25.8. The molecule has 120 valence electrons. The second-order valence-electron chi connectivity index (χ2n) is 6.29. The lowest BCUT2D eigenvalue weighted by molar-refractivity contribution is 0.0980. The molecule has 0 fully saturated rings. The summed E-state index contributed by atoms with van der Waals surface area (Å²) >= 11 is 1.06. The second kappa shape index (κ2) is 5.49. The third kappa shape index (κ3) is 2.14. The number of hydrogen-bond donors (Lipinski definition) is 1. The minimum Gasteiger partial charge on any atom is -0.383 e. The molecular weight excluding hydrogens is 322 g/mol. The number of carbonyl (C=O) groups is 2. The molecule has 0 saturated carbocycles. The van der Waals surface area contributed by atoms with E-state index in [9.17, 15) is 9.59 Å². The van der Waals surface area contributed by atoms with Crippen LogP contribution in [-0.2, 0) is 0 Å². The highest BCUT2D eigenvalue weighted by atomic mass is 32.1. The number of aromatic nitrogens is 2. The van der Waals surface area contributed by atoms with Gasteiger partial charge in [-0.3, -0.25) is 9.59 Å². The van der Waals surface area contributed by atoms with E-state index in [1.54, 1.807) is 30.3 Å². The summed E-state index contributed by atoms with van der Waals surface area (Å²) in [6, 6.07) is 8.68. The van der Waals surface area contributed by atoms with Crippen molar-refractivity contribution in [2.45, 2.75) is 13.8 Å². The Morgan fingerprint density at radius 1 is 1.00 bits per heavy atom. The van der Waals surface area contributed by atoms with Crippen LogP contribution in [0.5, 0.6) is 0 Å². The van der Waals surface area contributed by atoms with Gasteiger partial charge < -0.3 is 5.32 Å². The van der Waals surface area contributed by atoms with Crippen LogP contribution in [0, 0.1) is 5.92 Å². The van der Waals surface area contributed by atoms with Gasteiger partial charge in [0.1, 0.15) is 11.0 Å². The topological polar surface area (TPSA) is 72.0 Å². The van der Waals surface area contributed by atoms with Crippen LogP contribution in [0.15, 0.2) is 30.3 Å². The molecule has 24 heavy (non-hydrogen) atoms. The van der Waals surface area contributed by atoms with Crippen molar-refractivity contribution in [1.29, 1.82) is 0 Å². The van der Waals surface area contributed by atoms with Crippen molar-refractivity contribution in [3.63, 3.8) is 0 Å².